The number of carboxylic acid groups (broad SMARTS) is 1. The van der Waals surface area contributed by atoms with Gasteiger partial charge < -0.3 is 14.3 Å². The minimum Gasteiger partial charge on any atom is -0.479 e. The molecule has 0 aromatic heterocycles. The largest absolute Gasteiger partial charge is 0.479 e. The SMILES string of the molecule is CC(OC(=O)C(C)O[Si](C)(C)C(C)(C)C)C(=O)O. The van der Waals surface area contributed by atoms with Gasteiger partial charge >= 0.3 is 11.9 Å². The standard InChI is InChI=1S/C12H24O5Si/c1-8(10(13)14)16-11(15)9(2)17-18(6,7)12(3,4)5/h8-9H,1-7H3,(H,13,14). The molecule has 0 rings (SSSR count). The minimum atomic E-state index is -2.06. The van der Waals surface area contributed by atoms with Crippen LogP contribution in [0.3, 0.4) is 0 Å². The predicted octanol–water partition coefficient (Wildman–Crippen LogP) is 2.41. The molecule has 0 radical (unpaired) electrons. The fourth-order valence-corrected chi connectivity index (χ4v) is 2.32. The van der Waals surface area contributed by atoms with E-state index in [0.717, 1.165) is 0 Å². The summed E-state index contributed by atoms with van der Waals surface area (Å²) < 4.78 is 10.6. The molecule has 6 heteroatoms. The monoisotopic (exact) mass is 276 g/mol. The van der Waals surface area contributed by atoms with Crippen molar-refractivity contribution < 1.29 is 23.9 Å². The molecule has 2 atom stereocenters. The predicted molar refractivity (Wildman–Crippen MR) is 70.9 cm³/mol. The average Bonchev–Trinajstić information content (AvgIpc) is 2.14. The van der Waals surface area contributed by atoms with Crippen molar-refractivity contribution in [2.24, 2.45) is 0 Å². The van der Waals surface area contributed by atoms with Crippen LogP contribution >= 0.6 is 0 Å². The Morgan fingerprint density at radius 3 is 1.89 bits per heavy atom. The van der Waals surface area contributed by atoms with Gasteiger partial charge in [0.2, 0.25) is 0 Å². The maximum atomic E-state index is 11.7. The molecule has 0 aliphatic rings. The molecule has 0 aliphatic heterocycles. The van der Waals surface area contributed by atoms with E-state index in [9.17, 15) is 9.59 Å². The highest BCUT2D eigenvalue weighted by Crippen LogP contribution is 2.37. The Balaban J connectivity index is 4.55. The topological polar surface area (TPSA) is 72.8 Å². The molecule has 106 valence electrons. The van der Waals surface area contributed by atoms with Gasteiger partial charge in [-0.05, 0) is 32.0 Å². The van der Waals surface area contributed by atoms with Crippen LogP contribution in [-0.4, -0.2) is 37.6 Å². The lowest BCUT2D eigenvalue weighted by Gasteiger charge is -2.37. The van der Waals surface area contributed by atoms with Crippen LogP contribution in [0.4, 0.5) is 0 Å². The van der Waals surface area contributed by atoms with E-state index in [4.69, 9.17) is 14.3 Å². The third-order valence-corrected chi connectivity index (χ3v) is 7.81. The Labute approximate surface area is 110 Å². The van der Waals surface area contributed by atoms with Gasteiger partial charge in [-0.25, -0.2) is 9.59 Å². The summed E-state index contributed by atoms with van der Waals surface area (Å²) in [6.45, 7) is 13.2. The summed E-state index contributed by atoms with van der Waals surface area (Å²) in [4.78, 5) is 22.3. The third kappa shape index (κ3) is 4.78. The van der Waals surface area contributed by atoms with Crippen molar-refractivity contribution in [1.29, 1.82) is 0 Å². The summed E-state index contributed by atoms with van der Waals surface area (Å²) in [5.41, 5.74) is 0. The Bertz CT molecular complexity index is 319. The minimum absolute atomic E-state index is 0.0139. The van der Waals surface area contributed by atoms with Crippen LogP contribution in [0.25, 0.3) is 0 Å². The number of esters is 1. The summed E-state index contributed by atoms with van der Waals surface area (Å²) in [5, 5.41) is 8.65. The average molecular weight is 276 g/mol. The van der Waals surface area contributed by atoms with Crippen LogP contribution in [0.2, 0.25) is 18.1 Å². The summed E-state index contributed by atoms with van der Waals surface area (Å²) in [6, 6.07) is 0. The lowest BCUT2D eigenvalue weighted by molar-refractivity contribution is -0.167. The Morgan fingerprint density at radius 1 is 1.11 bits per heavy atom. The van der Waals surface area contributed by atoms with Crippen LogP contribution in [-0.2, 0) is 18.8 Å². The maximum Gasteiger partial charge on any atom is 0.344 e. The molecule has 5 nitrogen and oxygen atoms in total. The summed E-state index contributed by atoms with van der Waals surface area (Å²) in [7, 11) is -2.06. The van der Waals surface area contributed by atoms with Crippen LogP contribution in [0, 0.1) is 0 Å². The smallest absolute Gasteiger partial charge is 0.344 e. The fraction of sp³-hybridized carbons (Fsp3) is 0.833. The molecule has 0 amide bonds. The molecule has 18 heavy (non-hydrogen) atoms. The molecule has 0 aliphatic carbocycles. The second-order valence-corrected chi connectivity index (χ2v) is 10.7. The number of aliphatic carboxylic acids is 1. The Morgan fingerprint density at radius 2 is 1.56 bits per heavy atom. The number of carbonyl (C=O) groups excluding carboxylic acids is 1. The lowest BCUT2D eigenvalue weighted by atomic mass is 10.2. The van der Waals surface area contributed by atoms with Gasteiger partial charge in [0.05, 0.1) is 0 Å². The molecule has 0 saturated heterocycles. The zero-order chi connectivity index (χ0) is 14.7. The highest BCUT2D eigenvalue weighted by Gasteiger charge is 2.40. The van der Waals surface area contributed by atoms with Crippen LogP contribution in [0.1, 0.15) is 34.6 Å². The molecular weight excluding hydrogens is 252 g/mol. The van der Waals surface area contributed by atoms with Crippen molar-refractivity contribution in [2.75, 3.05) is 0 Å². The summed E-state index contributed by atoms with van der Waals surface area (Å²) >= 11 is 0. The van der Waals surface area contributed by atoms with Gasteiger partial charge in [0.1, 0.15) is 6.10 Å². The number of rotatable bonds is 5. The van der Waals surface area contributed by atoms with E-state index in [1.54, 1.807) is 6.92 Å². The van der Waals surface area contributed by atoms with Gasteiger partial charge in [-0.2, -0.15) is 0 Å². The van der Waals surface area contributed by atoms with Gasteiger partial charge in [0.25, 0.3) is 0 Å². The zero-order valence-corrected chi connectivity index (χ0v) is 13.2. The van der Waals surface area contributed by atoms with Gasteiger partial charge in [-0.15, -0.1) is 0 Å². The second-order valence-electron chi connectivity index (χ2n) is 5.94. The number of carboxylic acids is 1. The van der Waals surface area contributed by atoms with Crippen molar-refractivity contribution in [1.82, 2.24) is 0 Å². The number of hydrogen-bond donors (Lipinski definition) is 1. The highest BCUT2D eigenvalue weighted by molar-refractivity contribution is 6.74. The lowest BCUT2D eigenvalue weighted by Crippen LogP contribution is -2.46. The van der Waals surface area contributed by atoms with Gasteiger partial charge in [0, 0.05) is 0 Å². The first-order valence-electron chi connectivity index (χ1n) is 5.99. The molecule has 2 unspecified atom stereocenters. The number of ether oxygens (including phenoxy) is 1. The van der Waals surface area contributed by atoms with Crippen LogP contribution in [0.5, 0.6) is 0 Å². The van der Waals surface area contributed by atoms with Crippen molar-refractivity contribution in [3.05, 3.63) is 0 Å². The van der Waals surface area contributed by atoms with Crippen molar-refractivity contribution in [3.8, 4) is 0 Å². The molecule has 0 fully saturated rings. The van der Waals surface area contributed by atoms with Gasteiger partial charge in [0.15, 0.2) is 14.4 Å². The maximum absolute atomic E-state index is 11.7. The van der Waals surface area contributed by atoms with Crippen LogP contribution < -0.4 is 0 Å². The van der Waals surface area contributed by atoms with E-state index >= 15 is 0 Å². The van der Waals surface area contributed by atoms with Crippen LogP contribution in [0.15, 0.2) is 0 Å². The zero-order valence-electron chi connectivity index (χ0n) is 12.2. The van der Waals surface area contributed by atoms with E-state index in [0.29, 0.717) is 0 Å². The molecular formula is C12H24O5Si. The molecule has 0 aromatic rings. The van der Waals surface area contributed by atoms with Crippen molar-refractivity contribution in [3.63, 3.8) is 0 Å². The number of carbonyl (C=O) groups is 2. The third-order valence-electron chi connectivity index (χ3n) is 3.25. The first-order chi connectivity index (χ1) is 7.88. The molecule has 0 spiro atoms. The Kier molecular flexibility index (Phi) is 5.55. The van der Waals surface area contributed by atoms with E-state index in [1.807, 2.05) is 13.1 Å². The molecule has 0 aromatic carbocycles. The highest BCUT2D eigenvalue weighted by atomic mass is 28.4. The Hall–Kier alpha value is -0.883. The number of hydrogen-bond acceptors (Lipinski definition) is 4. The van der Waals surface area contributed by atoms with Crippen molar-refractivity contribution in [2.45, 2.75) is 65.0 Å². The summed E-state index contributed by atoms with van der Waals surface area (Å²) in [5.74, 6) is -1.79. The van der Waals surface area contributed by atoms with Crippen molar-refractivity contribution >= 4 is 20.3 Å². The molecule has 1 N–H and O–H groups in total. The van der Waals surface area contributed by atoms with E-state index in [1.165, 1.54) is 6.92 Å². The quantitative estimate of drug-likeness (QED) is 0.616. The van der Waals surface area contributed by atoms with E-state index in [-0.39, 0.29) is 5.04 Å². The van der Waals surface area contributed by atoms with Gasteiger partial charge in [-0.1, -0.05) is 20.8 Å². The second kappa shape index (κ2) is 5.84. The molecule has 0 saturated carbocycles. The van der Waals surface area contributed by atoms with E-state index < -0.39 is 32.5 Å². The van der Waals surface area contributed by atoms with Gasteiger partial charge in [-0.3, -0.25) is 0 Å². The summed E-state index contributed by atoms with van der Waals surface area (Å²) in [6.07, 6.45) is -1.89. The normalized spacial score (nSPS) is 15.9. The molecule has 0 heterocycles. The van der Waals surface area contributed by atoms with E-state index in [2.05, 4.69) is 20.8 Å². The first-order valence-corrected chi connectivity index (χ1v) is 8.90. The molecule has 0 bridgehead atoms. The first kappa shape index (κ1) is 17.1. The fourth-order valence-electron chi connectivity index (χ4n) is 0.987.